The Labute approximate surface area is 142 Å². The molecular formula is C19H22N4O. The second kappa shape index (κ2) is 6.59. The summed E-state index contributed by atoms with van der Waals surface area (Å²) in [4.78, 5) is 14.5. The molecule has 1 saturated carbocycles. The van der Waals surface area contributed by atoms with E-state index in [9.17, 15) is 4.79 Å². The molecule has 0 unspecified atom stereocenters. The molecule has 4 rings (SSSR count). The first-order valence-corrected chi connectivity index (χ1v) is 8.81. The zero-order valence-electron chi connectivity index (χ0n) is 13.7. The summed E-state index contributed by atoms with van der Waals surface area (Å²) < 4.78 is 0. The monoisotopic (exact) mass is 322 g/mol. The third kappa shape index (κ3) is 2.98. The van der Waals surface area contributed by atoms with Crippen LogP contribution in [-0.2, 0) is 6.42 Å². The third-order valence-electron chi connectivity index (χ3n) is 4.97. The number of amides is 1. The molecule has 1 fully saturated rings. The Morgan fingerprint density at radius 2 is 1.88 bits per heavy atom. The van der Waals surface area contributed by atoms with Gasteiger partial charge in [0.2, 0.25) is 0 Å². The number of hydrogen-bond acceptors (Lipinski definition) is 4. The molecular weight excluding hydrogens is 300 g/mol. The van der Waals surface area contributed by atoms with E-state index in [0.29, 0.717) is 18.3 Å². The molecule has 24 heavy (non-hydrogen) atoms. The number of carbonyl (C=O) groups is 1. The Morgan fingerprint density at radius 3 is 2.67 bits per heavy atom. The highest BCUT2D eigenvalue weighted by Crippen LogP contribution is 2.28. The number of anilines is 2. The zero-order chi connectivity index (χ0) is 16.4. The van der Waals surface area contributed by atoms with Crippen LogP contribution in [0.1, 0.15) is 48.2 Å². The van der Waals surface area contributed by atoms with Crippen molar-refractivity contribution < 1.29 is 4.79 Å². The minimum Gasteiger partial charge on any atom is -0.366 e. The van der Waals surface area contributed by atoms with Crippen molar-refractivity contribution in [1.82, 2.24) is 10.2 Å². The zero-order valence-corrected chi connectivity index (χ0v) is 13.7. The number of rotatable bonds is 3. The molecule has 124 valence electrons. The smallest absolute Gasteiger partial charge is 0.278 e. The predicted octanol–water partition coefficient (Wildman–Crippen LogP) is 3.42. The average molecular weight is 322 g/mol. The maximum absolute atomic E-state index is 12.7. The number of fused-ring (bicyclic) bond motifs is 1. The van der Waals surface area contributed by atoms with E-state index in [1.807, 2.05) is 24.3 Å². The van der Waals surface area contributed by atoms with Crippen LogP contribution in [0.3, 0.4) is 0 Å². The Bertz CT molecular complexity index is 722. The fraction of sp³-hybridized carbons (Fsp3) is 0.421. The largest absolute Gasteiger partial charge is 0.366 e. The van der Waals surface area contributed by atoms with Gasteiger partial charge in [-0.3, -0.25) is 4.79 Å². The summed E-state index contributed by atoms with van der Waals surface area (Å²) in [6.45, 7) is 0.710. The van der Waals surface area contributed by atoms with Crippen LogP contribution in [0.15, 0.2) is 36.4 Å². The number of para-hydroxylation sites is 1. The van der Waals surface area contributed by atoms with Gasteiger partial charge in [-0.15, -0.1) is 10.2 Å². The van der Waals surface area contributed by atoms with Gasteiger partial charge in [-0.25, -0.2) is 0 Å². The SMILES string of the molecule is O=C(c1ccc(NC2CCCCC2)nn1)N1CCc2ccccc21. The first kappa shape index (κ1) is 15.1. The van der Waals surface area contributed by atoms with Crippen LogP contribution in [0.4, 0.5) is 11.5 Å². The molecule has 2 heterocycles. The molecule has 1 aromatic heterocycles. The molecule has 2 aromatic rings. The van der Waals surface area contributed by atoms with Gasteiger partial charge in [0.05, 0.1) is 0 Å². The Morgan fingerprint density at radius 1 is 1.04 bits per heavy atom. The van der Waals surface area contributed by atoms with Crippen molar-refractivity contribution in [2.45, 2.75) is 44.6 Å². The van der Waals surface area contributed by atoms with E-state index < -0.39 is 0 Å². The van der Waals surface area contributed by atoms with E-state index in [2.05, 4.69) is 21.6 Å². The predicted molar refractivity (Wildman–Crippen MR) is 94.4 cm³/mol. The quantitative estimate of drug-likeness (QED) is 0.940. The summed E-state index contributed by atoms with van der Waals surface area (Å²) in [5, 5.41) is 11.8. The van der Waals surface area contributed by atoms with Crippen molar-refractivity contribution in [3.63, 3.8) is 0 Å². The normalized spacial score (nSPS) is 17.6. The van der Waals surface area contributed by atoms with Crippen LogP contribution in [0, 0.1) is 0 Å². The first-order chi connectivity index (χ1) is 11.8. The molecule has 1 aliphatic heterocycles. The van der Waals surface area contributed by atoms with Gasteiger partial charge in [0.1, 0.15) is 5.82 Å². The van der Waals surface area contributed by atoms with Gasteiger partial charge in [-0.2, -0.15) is 0 Å². The minimum absolute atomic E-state index is 0.0725. The minimum atomic E-state index is -0.0725. The van der Waals surface area contributed by atoms with Gasteiger partial charge in [-0.05, 0) is 43.0 Å². The van der Waals surface area contributed by atoms with Crippen molar-refractivity contribution in [3.05, 3.63) is 47.7 Å². The number of carbonyl (C=O) groups excluding carboxylic acids is 1. The van der Waals surface area contributed by atoms with Crippen LogP contribution < -0.4 is 10.2 Å². The fourth-order valence-corrected chi connectivity index (χ4v) is 3.67. The van der Waals surface area contributed by atoms with Gasteiger partial charge in [0.25, 0.3) is 5.91 Å². The average Bonchev–Trinajstić information content (AvgIpc) is 3.07. The van der Waals surface area contributed by atoms with Gasteiger partial charge >= 0.3 is 0 Å². The Hall–Kier alpha value is -2.43. The lowest BCUT2D eigenvalue weighted by atomic mass is 9.95. The highest BCUT2D eigenvalue weighted by atomic mass is 16.2. The lowest BCUT2D eigenvalue weighted by Crippen LogP contribution is -2.30. The summed E-state index contributed by atoms with van der Waals surface area (Å²) in [7, 11) is 0. The second-order valence-electron chi connectivity index (χ2n) is 6.62. The van der Waals surface area contributed by atoms with E-state index in [1.165, 1.54) is 37.7 Å². The van der Waals surface area contributed by atoms with Crippen molar-refractivity contribution >= 4 is 17.4 Å². The lowest BCUT2D eigenvalue weighted by Gasteiger charge is -2.23. The third-order valence-corrected chi connectivity index (χ3v) is 4.97. The first-order valence-electron chi connectivity index (χ1n) is 8.81. The molecule has 1 aliphatic carbocycles. The van der Waals surface area contributed by atoms with Gasteiger partial charge in [0, 0.05) is 18.3 Å². The van der Waals surface area contributed by atoms with Crippen molar-refractivity contribution in [1.29, 1.82) is 0 Å². The molecule has 0 atom stereocenters. The van der Waals surface area contributed by atoms with Crippen LogP contribution in [0.2, 0.25) is 0 Å². The van der Waals surface area contributed by atoms with Crippen molar-refractivity contribution in [2.75, 3.05) is 16.8 Å². The number of nitrogens with one attached hydrogen (secondary N) is 1. The highest BCUT2D eigenvalue weighted by Gasteiger charge is 2.26. The number of benzene rings is 1. The number of aromatic nitrogens is 2. The maximum atomic E-state index is 12.7. The van der Waals surface area contributed by atoms with Gasteiger partial charge < -0.3 is 10.2 Å². The van der Waals surface area contributed by atoms with Crippen molar-refractivity contribution in [3.8, 4) is 0 Å². The van der Waals surface area contributed by atoms with Crippen LogP contribution in [0.25, 0.3) is 0 Å². The second-order valence-corrected chi connectivity index (χ2v) is 6.62. The Balaban J connectivity index is 1.46. The van der Waals surface area contributed by atoms with E-state index in [4.69, 9.17) is 0 Å². The molecule has 5 nitrogen and oxygen atoms in total. The van der Waals surface area contributed by atoms with Crippen LogP contribution >= 0.6 is 0 Å². The number of hydrogen-bond donors (Lipinski definition) is 1. The van der Waals surface area contributed by atoms with E-state index in [1.54, 1.807) is 11.0 Å². The van der Waals surface area contributed by atoms with Crippen molar-refractivity contribution in [2.24, 2.45) is 0 Å². The van der Waals surface area contributed by atoms with Gasteiger partial charge in [0.15, 0.2) is 5.69 Å². The molecule has 0 radical (unpaired) electrons. The standard InChI is InChI=1S/C19H22N4O/c24-19(23-13-12-14-6-4-5-9-17(14)23)16-10-11-18(22-21-16)20-15-7-2-1-3-8-15/h4-6,9-11,15H,1-3,7-8,12-13H2,(H,20,22). The molecule has 1 aromatic carbocycles. The fourth-order valence-electron chi connectivity index (χ4n) is 3.67. The molecule has 2 aliphatic rings. The molecule has 0 spiro atoms. The topological polar surface area (TPSA) is 58.1 Å². The van der Waals surface area contributed by atoms with E-state index >= 15 is 0 Å². The van der Waals surface area contributed by atoms with E-state index in [0.717, 1.165) is 17.9 Å². The van der Waals surface area contributed by atoms with Crippen LogP contribution in [0.5, 0.6) is 0 Å². The maximum Gasteiger partial charge on any atom is 0.278 e. The Kier molecular flexibility index (Phi) is 4.15. The summed E-state index contributed by atoms with van der Waals surface area (Å²) in [6, 6.07) is 12.2. The molecule has 1 N–H and O–H groups in total. The summed E-state index contributed by atoms with van der Waals surface area (Å²) >= 11 is 0. The summed E-state index contributed by atoms with van der Waals surface area (Å²) in [6.07, 6.45) is 7.15. The molecule has 0 saturated heterocycles. The molecule has 0 bridgehead atoms. The van der Waals surface area contributed by atoms with Crippen LogP contribution in [-0.4, -0.2) is 28.7 Å². The lowest BCUT2D eigenvalue weighted by molar-refractivity contribution is 0.0983. The summed E-state index contributed by atoms with van der Waals surface area (Å²) in [5.41, 5.74) is 2.61. The molecule has 5 heteroatoms. The molecule has 1 amide bonds. The van der Waals surface area contributed by atoms with Gasteiger partial charge in [-0.1, -0.05) is 37.5 Å². The number of nitrogens with zero attached hydrogens (tertiary/aromatic N) is 3. The highest BCUT2D eigenvalue weighted by molar-refractivity contribution is 6.06. The van der Waals surface area contributed by atoms with E-state index in [-0.39, 0.29) is 5.91 Å². The summed E-state index contributed by atoms with van der Waals surface area (Å²) in [5.74, 6) is 0.692.